The molecule has 0 fully saturated rings. The molecule has 0 radical (unpaired) electrons. The molecule has 0 bridgehead atoms. The lowest BCUT2D eigenvalue weighted by molar-refractivity contribution is -0.139. The number of fused-ring (bicyclic) bond motifs is 1. The molecule has 2 aromatic heterocycles. The second-order valence-electron chi connectivity index (χ2n) is 6.65. The van der Waals surface area contributed by atoms with E-state index < -0.39 is 12.0 Å². The van der Waals surface area contributed by atoms with Crippen molar-refractivity contribution in [2.45, 2.75) is 19.9 Å². The van der Waals surface area contributed by atoms with Gasteiger partial charge in [0.2, 0.25) is 0 Å². The van der Waals surface area contributed by atoms with Crippen LogP contribution in [0.4, 0.5) is 0 Å². The van der Waals surface area contributed by atoms with Crippen LogP contribution in [0.15, 0.2) is 55.2 Å². The minimum atomic E-state index is -0.579. The Kier molecular flexibility index (Phi) is 6.52. The average Bonchev–Trinajstić information content (AvgIpc) is 3.34. The number of ether oxygens (including phenoxy) is 1. The largest absolute Gasteiger partial charge is 0.506 e. The Labute approximate surface area is 207 Å². The first-order chi connectivity index (χ1) is 14.8. The minimum absolute atomic E-state index is 0.159. The Morgan fingerprint density at radius 1 is 1.45 bits per heavy atom. The van der Waals surface area contributed by atoms with E-state index in [-0.39, 0.29) is 17.9 Å². The van der Waals surface area contributed by atoms with Crippen molar-refractivity contribution in [1.29, 1.82) is 0 Å². The van der Waals surface area contributed by atoms with Crippen LogP contribution in [0.3, 0.4) is 0 Å². The molecule has 0 aliphatic carbocycles. The molecule has 0 amide bonds. The van der Waals surface area contributed by atoms with Gasteiger partial charge in [0.15, 0.2) is 4.80 Å². The van der Waals surface area contributed by atoms with Gasteiger partial charge >= 0.3 is 5.97 Å². The number of carbonyl (C=O) groups is 1. The molecule has 1 aliphatic rings. The molecule has 160 valence electrons. The molecule has 0 saturated heterocycles. The molecule has 4 rings (SSSR count). The molecule has 31 heavy (non-hydrogen) atoms. The summed E-state index contributed by atoms with van der Waals surface area (Å²) in [6.07, 6.45) is 1.77. The molecule has 1 aromatic carbocycles. The molecular weight excluding hydrogens is 615 g/mol. The number of thiophene rings is 1. The topological polar surface area (TPSA) is 80.9 Å². The van der Waals surface area contributed by atoms with Crippen molar-refractivity contribution in [3.8, 4) is 5.75 Å². The predicted octanol–water partition coefficient (Wildman–Crippen LogP) is 3.93. The van der Waals surface area contributed by atoms with Crippen molar-refractivity contribution < 1.29 is 14.6 Å². The smallest absolute Gasteiger partial charge is 0.338 e. The molecule has 1 N–H and O–H groups in total. The van der Waals surface area contributed by atoms with Gasteiger partial charge < -0.3 is 9.84 Å². The van der Waals surface area contributed by atoms with Crippen LogP contribution >= 0.6 is 61.2 Å². The second kappa shape index (κ2) is 9.00. The van der Waals surface area contributed by atoms with Crippen LogP contribution in [-0.2, 0) is 9.53 Å². The zero-order chi connectivity index (χ0) is 22.3. The number of carbonyl (C=O) groups excluding carboxylic acids is 1. The fraction of sp³-hybridized carbons (Fsp3) is 0.190. The van der Waals surface area contributed by atoms with Gasteiger partial charge in [-0.1, -0.05) is 17.4 Å². The molecule has 1 atom stereocenters. The summed E-state index contributed by atoms with van der Waals surface area (Å²) >= 11 is 8.13. The predicted molar refractivity (Wildman–Crippen MR) is 133 cm³/mol. The number of allylic oxidation sites excluding steroid dienone is 1. The monoisotopic (exact) mass is 630 g/mol. The number of phenols is 1. The minimum Gasteiger partial charge on any atom is -0.506 e. The number of esters is 1. The van der Waals surface area contributed by atoms with Crippen LogP contribution in [0.1, 0.15) is 30.3 Å². The van der Waals surface area contributed by atoms with Gasteiger partial charge in [-0.3, -0.25) is 9.36 Å². The third-order valence-electron chi connectivity index (χ3n) is 4.67. The molecule has 3 heterocycles. The SMILES string of the molecule is CCOC(=O)C1=C(C)N=c2s/c(=C/c3cc(Br)c(O)c(I)c3)c(=O)n2[C@@H]1c1cccs1. The zero-order valence-corrected chi connectivity index (χ0v) is 21.8. The van der Waals surface area contributed by atoms with Gasteiger partial charge in [0.05, 0.1) is 30.5 Å². The van der Waals surface area contributed by atoms with Gasteiger partial charge in [-0.2, -0.15) is 0 Å². The highest BCUT2D eigenvalue weighted by Gasteiger charge is 2.33. The van der Waals surface area contributed by atoms with Crippen LogP contribution < -0.4 is 14.9 Å². The lowest BCUT2D eigenvalue weighted by atomic mass is 10.0. The quantitative estimate of drug-likeness (QED) is 0.350. The molecule has 6 nitrogen and oxygen atoms in total. The van der Waals surface area contributed by atoms with E-state index in [0.717, 1.165) is 10.4 Å². The number of phenolic OH excluding ortho intramolecular Hbond substituents is 1. The van der Waals surface area contributed by atoms with Gasteiger partial charge in [0.25, 0.3) is 5.56 Å². The summed E-state index contributed by atoms with van der Waals surface area (Å²) in [6.45, 7) is 3.76. The van der Waals surface area contributed by atoms with E-state index in [9.17, 15) is 14.7 Å². The number of hydrogen-bond acceptors (Lipinski definition) is 7. The van der Waals surface area contributed by atoms with Crippen molar-refractivity contribution in [3.05, 3.63) is 79.1 Å². The van der Waals surface area contributed by atoms with E-state index in [0.29, 0.717) is 28.6 Å². The number of nitrogens with zero attached hydrogens (tertiary/aromatic N) is 2. The van der Waals surface area contributed by atoms with Crippen LogP contribution in [0.25, 0.3) is 6.08 Å². The van der Waals surface area contributed by atoms with E-state index in [1.165, 1.54) is 22.7 Å². The zero-order valence-electron chi connectivity index (χ0n) is 16.4. The number of hydrogen-bond donors (Lipinski definition) is 1. The van der Waals surface area contributed by atoms with Crippen molar-refractivity contribution in [3.63, 3.8) is 0 Å². The van der Waals surface area contributed by atoms with Gasteiger partial charge in [0, 0.05) is 4.88 Å². The van der Waals surface area contributed by atoms with E-state index in [1.807, 2.05) is 40.1 Å². The number of aromatic hydroxyl groups is 1. The highest BCUT2D eigenvalue weighted by Crippen LogP contribution is 2.33. The lowest BCUT2D eigenvalue weighted by Crippen LogP contribution is -2.39. The van der Waals surface area contributed by atoms with Crippen LogP contribution in [0.5, 0.6) is 5.75 Å². The molecule has 0 unspecified atom stereocenters. The van der Waals surface area contributed by atoms with E-state index >= 15 is 0 Å². The first-order valence-corrected chi connectivity index (χ1v) is 12.8. The van der Waals surface area contributed by atoms with Gasteiger partial charge in [-0.15, -0.1) is 11.3 Å². The van der Waals surface area contributed by atoms with E-state index in [1.54, 1.807) is 36.6 Å². The fourth-order valence-corrected chi connectivity index (χ4v) is 6.70. The van der Waals surface area contributed by atoms with Gasteiger partial charge in [0.1, 0.15) is 11.8 Å². The van der Waals surface area contributed by atoms with Crippen molar-refractivity contribution in [2.75, 3.05) is 6.61 Å². The Balaban J connectivity index is 1.94. The summed E-state index contributed by atoms with van der Waals surface area (Å²) < 4.78 is 8.56. The van der Waals surface area contributed by atoms with Crippen molar-refractivity contribution >= 4 is 73.2 Å². The molecule has 0 spiro atoms. The first-order valence-electron chi connectivity index (χ1n) is 9.23. The van der Waals surface area contributed by atoms with Gasteiger partial charge in [-0.25, -0.2) is 9.79 Å². The molecular formula is C21H16BrIN2O4S2. The normalized spacial score (nSPS) is 16.3. The Morgan fingerprint density at radius 2 is 2.23 bits per heavy atom. The number of thiazole rings is 1. The highest BCUT2D eigenvalue weighted by atomic mass is 127. The first kappa shape index (κ1) is 22.4. The Morgan fingerprint density at radius 3 is 2.87 bits per heavy atom. The number of halogens is 2. The Bertz CT molecular complexity index is 1370. The molecule has 10 heteroatoms. The summed E-state index contributed by atoms with van der Waals surface area (Å²) in [6, 6.07) is 6.77. The molecule has 3 aromatic rings. The Hall–Kier alpha value is -1.76. The third-order valence-corrected chi connectivity index (χ3v) is 8.00. The standard InChI is InChI=1S/C21H16BrIN2O4S2/c1-3-29-20(28)16-10(2)24-21-25(17(16)14-5-4-6-30-14)19(27)15(31-21)9-11-7-12(22)18(26)13(23)8-11/h4-9,17,26H,3H2,1-2H3/b15-9+/t17-/m1/s1. The van der Waals surface area contributed by atoms with E-state index in [2.05, 4.69) is 20.9 Å². The van der Waals surface area contributed by atoms with E-state index in [4.69, 9.17) is 4.74 Å². The summed E-state index contributed by atoms with van der Waals surface area (Å²) in [4.78, 5) is 32.2. The summed E-state index contributed by atoms with van der Waals surface area (Å²) in [5, 5.41) is 11.9. The van der Waals surface area contributed by atoms with Crippen LogP contribution in [0, 0.1) is 3.57 Å². The molecule has 1 aliphatic heterocycles. The fourth-order valence-electron chi connectivity index (χ4n) is 3.33. The summed E-state index contributed by atoms with van der Waals surface area (Å²) in [5.41, 5.74) is 1.47. The van der Waals surface area contributed by atoms with Crippen LogP contribution in [-0.4, -0.2) is 22.2 Å². The lowest BCUT2D eigenvalue weighted by Gasteiger charge is -2.23. The van der Waals surface area contributed by atoms with Crippen LogP contribution in [0.2, 0.25) is 0 Å². The summed E-state index contributed by atoms with van der Waals surface area (Å²) in [5.74, 6) is -0.306. The highest BCUT2D eigenvalue weighted by molar-refractivity contribution is 14.1. The van der Waals surface area contributed by atoms with Gasteiger partial charge in [-0.05, 0) is 87.6 Å². The maximum absolute atomic E-state index is 13.4. The van der Waals surface area contributed by atoms with Crippen molar-refractivity contribution in [2.24, 2.45) is 4.99 Å². The maximum Gasteiger partial charge on any atom is 0.338 e. The maximum atomic E-state index is 13.4. The molecule has 0 saturated carbocycles. The van der Waals surface area contributed by atoms with Crippen molar-refractivity contribution in [1.82, 2.24) is 4.57 Å². The number of rotatable bonds is 4. The second-order valence-corrected chi connectivity index (χ2v) is 10.7. The number of benzene rings is 1. The average molecular weight is 631 g/mol. The number of aromatic nitrogens is 1. The summed E-state index contributed by atoms with van der Waals surface area (Å²) in [7, 11) is 0. The third kappa shape index (κ3) is 4.18.